The van der Waals surface area contributed by atoms with Gasteiger partial charge in [0.05, 0.1) is 4.91 Å². The average Bonchev–Trinajstić information content (AvgIpc) is 3.27. The van der Waals surface area contributed by atoms with Crippen molar-refractivity contribution in [1.29, 1.82) is 0 Å². The van der Waals surface area contributed by atoms with Crippen molar-refractivity contribution < 1.29 is 19.1 Å². The van der Waals surface area contributed by atoms with E-state index < -0.39 is 0 Å². The molecule has 0 aromatic heterocycles. The SMILES string of the molecule is O=C(CCCN1C(=O)C(=Cc2ccc3c(c2)OCO3)SC1=S)Nc1cccc(Br)c1. The summed E-state index contributed by atoms with van der Waals surface area (Å²) in [7, 11) is 0. The minimum atomic E-state index is -0.143. The lowest BCUT2D eigenvalue weighted by molar-refractivity contribution is -0.122. The zero-order valence-corrected chi connectivity index (χ0v) is 18.9. The summed E-state index contributed by atoms with van der Waals surface area (Å²) in [4.78, 5) is 27.0. The third-order valence-corrected chi connectivity index (χ3v) is 6.33. The standard InChI is InChI=1S/C21H17BrN2O4S2/c22-14-3-1-4-15(11-14)23-19(25)5-2-8-24-20(26)18(30-21(24)29)10-13-6-7-16-17(9-13)28-12-27-16/h1,3-4,6-7,9-11H,2,5,8,12H2,(H,23,25). The van der Waals surface area contributed by atoms with Crippen LogP contribution in [0.2, 0.25) is 0 Å². The van der Waals surface area contributed by atoms with Gasteiger partial charge in [-0.05, 0) is 48.4 Å². The van der Waals surface area contributed by atoms with E-state index >= 15 is 0 Å². The van der Waals surface area contributed by atoms with Crippen molar-refractivity contribution in [2.75, 3.05) is 18.7 Å². The van der Waals surface area contributed by atoms with Gasteiger partial charge in [-0.1, -0.05) is 52.0 Å². The molecule has 0 radical (unpaired) electrons. The molecule has 0 saturated carbocycles. The first-order valence-corrected chi connectivity index (χ1v) is 11.2. The van der Waals surface area contributed by atoms with Crippen LogP contribution in [0.5, 0.6) is 11.5 Å². The molecule has 0 aliphatic carbocycles. The van der Waals surface area contributed by atoms with Gasteiger partial charge in [0, 0.05) is 23.1 Å². The highest BCUT2D eigenvalue weighted by Gasteiger charge is 2.31. The van der Waals surface area contributed by atoms with Crippen molar-refractivity contribution in [2.45, 2.75) is 12.8 Å². The van der Waals surface area contributed by atoms with E-state index in [1.807, 2.05) is 42.5 Å². The molecule has 2 aliphatic heterocycles. The first-order chi connectivity index (χ1) is 14.5. The quantitative estimate of drug-likeness (QED) is 0.450. The normalized spacial score (nSPS) is 16.4. The van der Waals surface area contributed by atoms with Crippen LogP contribution in [0.3, 0.4) is 0 Å². The number of rotatable bonds is 6. The number of benzene rings is 2. The van der Waals surface area contributed by atoms with Gasteiger partial charge in [-0.25, -0.2) is 0 Å². The molecule has 1 fully saturated rings. The van der Waals surface area contributed by atoms with E-state index in [1.54, 1.807) is 11.0 Å². The molecule has 1 N–H and O–H groups in total. The molecule has 30 heavy (non-hydrogen) atoms. The lowest BCUT2D eigenvalue weighted by atomic mass is 10.2. The third kappa shape index (κ3) is 4.85. The molecule has 6 nitrogen and oxygen atoms in total. The van der Waals surface area contributed by atoms with E-state index in [-0.39, 0.29) is 18.6 Å². The van der Waals surface area contributed by atoms with E-state index in [0.717, 1.165) is 15.7 Å². The Kier molecular flexibility index (Phi) is 6.40. The highest BCUT2D eigenvalue weighted by atomic mass is 79.9. The minimum absolute atomic E-state index is 0.102. The number of thiocarbonyl (C=S) groups is 1. The highest BCUT2D eigenvalue weighted by molar-refractivity contribution is 9.10. The number of thioether (sulfide) groups is 1. The Bertz CT molecular complexity index is 1060. The topological polar surface area (TPSA) is 67.9 Å². The van der Waals surface area contributed by atoms with Gasteiger partial charge in [-0.2, -0.15) is 0 Å². The molecule has 2 heterocycles. The van der Waals surface area contributed by atoms with Gasteiger partial charge in [-0.15, -0.1) is 0 Å². The number of fused-ring (bicyclic) bond motifs is 1. The largest absolute Gasteiger partial charge is 0.454 e. The molecule has 4 rings (SSSR count). The fraction of sp³-hybridized carbons (Fsp3) is 0.190. The maximum atomic E-state index is 12.7. The summed E-state index contributed by atoms with van der Waals surface area (Å²) in [6, 6.07) is 12.9. The number of nitrogens with zero attached hydrogens (tertiary/aromatic N) is 1. The molecule has 9 heteroatoms. The number of hydrogen-bond donors (Lipinski definition) is 1. The van der Waals surface area contributed by atoms with Crippen molar-refractivity contribution in [1.82, 2.24) is 4.90 Å². The summed E-state index contributed by atoms with van der Waals surface area (Å²) in [5.74, 6) is 1.11. The highest BCUT2D eigenvalue weighted by Crippen LogP contribution is 2.36. The first kappa shape index (κ1) is 20.9. The van der Waals surface area contributed by atoms with Gasteiger partial charge in [0.25, 0.3) is 5.91 Å². The summed E-state index contributed by atoms with van der Waals surface area (Å²) < 4.78 is 12.1. The van der Waals surface area contributed by atoms with Crippen LogP contribution >= 0.6 is 39.9 Å². The molecule has 2 aromatic carbocycles. The fourth-order valence-electron chi connectivity index (χ4n) is 3.03. The van der Waals surface area contributed by atoms with Crippen LogP contribution in [0.25, 0.3) is 6.08 Å². The Morgan fingerprint density at radius 3 is 2.90 bits per heavy atom. The molecular weight excluding hydrogens is 488 g/mol. The van der Waals surface area contributed by atoms with Crippen LogP contribution in [-0.2, 0) is 9.59 Å². The molecule has 0 atom stereocenters. The first-order valence-electron chi connectivity index (χ1n) is 9.20. The van der Waals surface area contributed by atoms with E-state index in [9.17, 15) is 9.59 Å². The molecule has 2 aliphatic rings. The van der Waals surface area contributed by atoms with E-state index in [0.29, 0.717) is 40.1 Å². The smallest absolute Gasteiger partial charge is 0.266 e. The number of hydrogen-bond acceptors (Lipinski definition) is 6. The second-order valence-electron chi connectivity index (χ2n) is 6.61. The molecule has 0 spiro atoms. The third-order valence-electron chi connectivity index (χ3n) is 4.46. The average molecular weight is 505 g/mol. The molecule has 2 amide bonds. The van der Waals surface area contributed by atoms with Crippen LogP contribution in [0.1, 0.15) is 18.4 Å². The Morgan fingerprint density at radius 2 is 2.07 bits per heavy atom. The Morgan fingerprint density at radius 1 is 1.23 bits per heavy atom. The Labute approximate surface area is 191 Å². The fourth-order valence-corrected chi connectivity index (χ4v) is 4.74. The lowest BCUT2D eigenvalue weighted by Crippen LogP contribution is -2.29. The molecule has 2 aromatic rings. The van der Waals surface area contributed by atoms with Crippen LogP contribution in [-0.4, -0.2) is 34.4 Å². The maximum Gasteiger partial charge on any atom is 0.266 e. The van der Waals surface area contributed by atoms with Crippen molar-refractivity contribution in [3.05, 3.63) is 57.4 Å². The van der Waals surface area contributed by atoms with Crippen molar-refractivity contribution in [2.24, 2.45) is 0 Å². The lowest BCUT2D eigenvalue weighted by Gasteiger charge is -2.14. The number of amides is 2. The molecule has 1 saturated heterocycles. The second-order valence-corrected chi connectivity index (χ2v) is 9.20. The Hall–Kier alpha value is -2.36. The predicted octanol–water partition coefficient (Wildman–Crippen LogP) is 4.80. The van der Waals surface area contributed by atoms with Gasteiger partial charge < -0.3 is 14.8 Å². The van der Waals surface area contributed by atoms with Crippen molar-refractivity contribution in [3.8, 4) is 11.5 Å². The second kappa shape index (κ2) is 9.20. The summed E-state index contributed by atoms with van der Waals surface area (Å²) in [5, 5.41) is 2.85. The molecule has 0 unspecified atom stereocenters. The van der Waals surface area contributed by atoms with E-state index in [1.165, 1.54) is 11.8 Å². The van der Waals surface area contributed by atoms with Crippen LogP contribution in [0, 0.1) is 0 Å². The van der Waals surface area contributed by atoms with Crippen molar-refractivity contribution in [3.63, 3.8) is 0 Å². The predicted molar refractivity (Wildman–Crippen MR) is 124 cm³/mol. The molecular formula is C21H17BrN2O4S2. The maximum absolute atomic E-state index is 12.7. The number of anilines is 1. The van der Waals surface area contributed by atoms with Crippen LogP contribution in [0.4, 0.5) is 5.69 Å². The van der Waals surface area contributed by atoms with Crippen molar-refractivity contribution >= 4 is 67.8 Å². The molecule has 0 bridgehead atoms. The zero-order valence-electron chi connectivity index (χ0n) is 15.7. The number of ether oxygens (including phenoxy) is 2. The number of halogens is 1. The van der Waals surface area contributed by atoms with Crippen LogP contribution < -0.4 is 14.8 Å². The van der Waals surface area contributed by atoms with Gasteiger partial charge in [0.2, 0.25) is 12.7 Å². The Balaban J connectivity index is 1.32. The number of carbonyl (C=O) groups excluding carboxylic acids is 2. The zero-order chi connectivity index (χ0) is 21.1. The van der Waals surface area contributed by atoms with Gasteiger partial charge >= 0.3 is 0 Å². The van der Waals surface area contributed by atoms with Gasteiger partial charge in [0.15, 0.2) is 11.5 Å². The summed E-state index contributed by atoms with van der Waals surface area (Å²) in [5.41, 5.74) is 1.57. The number of nitrogens with one attached hydrogen (secondary N) is 1. The minimum Gasteiger partial charge on any atom is -0.454 e. The van der Waals surface area contributed by atoms with Gasteiger partial charge in [-0.3, -0.25) is 14.5 Å². The summed E-state index contributed by atoms with van der Waals surface area (Å²) >= 11 is 10.0. The van der Waals surface area contributed by atoms with E-state index in [2.05, 4.69) is 21.2 Å². The summed E-state index contributed by atoms with van der Waals surface area (Å²) in [6.45, 7) is 0.602. The van der Waals surface area contributed by atoms with Gasteiger partial charge in [0.1, 0.15) is 4.32 Å². The monoisotopic (exact) mass is 504 g/mol. The molecule has 154 valence electrons. The number of carbonyl (C=O) groups is 2. The van der Waals surface area contributed by atoms with Crippen LogP contribution in [0.15, 0.2) is 51.8 Å². The van der Waals surface area contributed by atoms with E-state index in [4.69, 9.17) is 21.7 Å². The summed E-state index contributed by atoms with van der Waals surface area (Å²) in [6.07, 6.45) is 2.61.